The molecule has 0 unspecified atom stereocenters. The maximum atomic E-state index is 3.04. The fraction of sp³-hybridized carbons (Fsp3) is 0.600. The normalized spacial score (nSPS) is 7.00. The Morgan fingerprint density at radius 2 is 1.60 bits per heavy atom. The zero-order chi connectivity index (χ0) is 7.66. The molecular formula is C10H14. The van der Waals surface area contributed by atoms with Crippen LogP contribution in [0.5, 0.6) is 0 Å². The Kier molecular flexibility index (Phi) is 7.41. The van der Waals surface area contributed by atoms with Crippen molar-refractivity contribution in [3.8, 4) is 23.7 Å². The van der Waals surface area contributed by atoms with Gasteiger partial charge in [-0.1, -0.05) is 25.7 Å². The number of unbranched alkanes of at least 4 members (excludes halogenated alkanes) is 1. The van der Waals surface area contributed by atoms with E-state index in [0.29, 0.717) is 0 Å². The maximum Gasteiger partial charge on any atom is 0.0702 e. The highest BCUT2D eigenvalue weighted by Crippen LogP contribution is 1.82. The summed E-state index contributed by atoms with van der Waals surface area (Å²) in [5.74, 6) is 12.0. The first-order valence-electron chi connectivity index (χ1n) is 3.83. The minimum atomic E-state index is 0.744. The van der Waals surface area contributed by atoms with Gasteiger partial charge in [-0.2, -0.15) is 0 Å². The lowest BCUT2D eigenvalue weighted by Crippen LogP contribution is -1.63. The molecule has 0 rings (SSSR count). The van der Waals surface area contributed by atoms with Crippen LogP contribution in [0.15, 0.2) is 0 Å². The minimum absolute atomic E-state index is 0.744. The standard InChI is InChI=1S/C10H14/c1-3-5-7-9-10-8-6-4-2/h3-5,10H2,1-2H3. The predicted molar refractivity (Wildman–Crippen MR) is 45.4 cm³/mol. The zero-order valence-electron chi connectivity index (χ0n) is 6.83. The van der Waals surface area contributed by atoms with E-state index in [4.69, 9.17) is 0 Å². The van der Waals surface area contributed by atoms with Crippen LogP contribution in [0.2, 0.25) is 0 Å². The van der Waals surface area contributed by atoms with E-state index in [9.17, 15) is 0 Å². The molecule has 0 N–H and O–H groups in total. The third kappa shape index (κ3) is 7.12. The third-order valence-corrected chi connectivity index (χ3v) is 0.979. The van der Waals surface area contributed by atoms with E-state index in [2.05, 4.69) is 30.6 Å². The highest BCUT2D eigenvalue weighted by Gasteiger charge is 1.68. The van der Waals surface area contributed by atoms with E-state index in [-0.39, 0.29) is 0 Å². The van der Waals surface area contributed by atoms with Crippen molar-refractivity contribution < 1.29 is 0 Å². The summed E-state index contributed by atoms with van der Waals surface area (Å²) in [6.07, 6.45) is 3.84. The van der Waals surface area contributed by atoms with E-state index < -0.39 is 0 Å². The van der Waals surface area contributed by atoms with Crippen molar-refractivity contribution in [1.29, 1.82) is 0 Å². The molecule has 10 heavy (non-hydrogen) atoms. The molecule has 0 aromatic heterocycles. The summed E-state index contributed by atoms with van der Waals surface area (Å²) in [4.78, 5) is 0. The van der Waals surface area contributed by atoms with Crippen LogP contribution in [0.4, 0.5) is 0 Å². The first-order chi connectivity index (χ1) is 4.91. The van der Waals surface area contributed by atoms with E-state index >= 15 is 0 Å². The molecule has 0 saturated heterocycles. The van der Waals surface area contributed by atoms with Crippen molar-refractivity contribution >= 4 is 0 Å². The molecule has 0 bridgehead atoms. The van der Waals surface area contributed by atoms with Crippen LogP contribution < -0.4 is 0 Å². The van der Waals surface area contributed by atoms with Crippen LogP contribution in [0.3, 0.4) is 0 Å². The second-order valence-electron chi connectivity index (χ2n) is 1.99. The molecule has 0 spiro atoms. The molecule has 54 valence electrons. The van der Waals surface area contributed by atoms with E-state index in [1.54, 1.807) is 0 Å². The van der Waals surface area contributed by atoms with E-state index in [0.717, 1.165) is 25.7 Å². The number of hydrogen-bond donors (Lipinski definition) is 0. The fourth-order valence-corrected chi connectivity index (χ4v) is 0.508. The average Bonchev–Trinajstić information content (AvgIpc) is 1.97. The van der Waals surface area contributed by atoms with Crippen LogP contribution in [0.25, 0.3) is 0 Å². The highest BCUT2D eigenvalue weighted by molar-refractivity contribution is 5.10. The van der Waals surface area contributed by atoms with Gasteiger partial charge in [0.05, 0.1) is 6.42 Å². The van der Waals surface area contributed by atoms with Gasteiger partial charge >= 0.3 is 0 Å². The van der Waals surface area contributed by atoms with Crippen molar-refractivity contribution in [3.63, 3.8) is 0 Å². The summed E-state index contributed by atoms with van der Waals surface area (Å²) in [6, 6.07) is 0. The van der Waals surface area contributed by atoms with Crippen molar-refractivity contribution in [2.24, 2.45) is 0 Å². The second kappa shape index (κ2) is 8.12. The third-order valence-electron chi connectivity index (χ3n) is 0.979. The van der Waals surface area contributed by atoms with Gasteiger partial charge in [-0.05, 0) is 6.42 Å². The molecule has 0 heterocycles. The Bertz CT molecular complexity index is 168. The van der Waals surface area contributed by atoms with E-state index in [1.807, 2.05) is 6.92 Å². The topological polar surface area (TPSA) is 0 Å². The van der Waals surface area contributed by atoms with Crippen LogP contribution >= 0.6 is 0 Å². The van der Waals surface area contributed by atoms with Crippen LogP contribution in [0, 0.1) is 23.7 Å². The van der Waals surface area contributed by atoms with Gasteiger partial charge in [0.1, 0.15) is 0 Å². The minimum Gasteiger partial charge on any atom is -0.103 e. The molecule has 0 heteroatoms. The number of hydrogen-bond acceptors (Lipinski definition) is 0. The summed E-state index contributed by atoms with van der Waals surface area (Å²) >= 11 is 0. The summed E-state index contributed by atoms with van der Waals surface area (Å²) < 4.78 is 0. The van der Waals surface area contributed by atoms with Gasteiger partial charge in [0.2, 0.25) is 0 Å². The molecule has 0 aliphatic rings. The summed E-state index contributed by atoms with van der Waals surface area (Å²) in [5, 5.41) is 0. The molecule has 0 saturated carbocycles. The first-order valence-corrected chi connectivity index (χ1v) is 3.83. The monoisotopic (exact) mass is 134 g/mol. The first kappa shape index (κ1) is 9.12. The zero-order valence-corrected chi connectivity index (χ0v) is 6.83. The van der Waals surface area contributed by atoms with Gasteiger partial charge in [0.15, 0.2) is 0 Å². The molecule has 0 aliphatic heterocycles. The Morgan fingerprint density at radius 1 is 0.900 bits per heavy atom. The fourth-order valence-electron chi connectivity index (χ4n) is 0.508. The molecule has 0 amide bonds. The summed E-state index contributed by atoms with van der Waals surface area (Å²) in [6.45, 7) is 4.18. The Morgan fingerprint density at radius 3 is 2.20 bits per heavy atom. The van der Waals surface area contributed by atoms with Crippen LogP contribution in [-0.4, -0.2) is 0 Å². The largest absolute Gasteiger partial charge is 0.103 e. The van der Waals surface area contributed by atoms with Crippen molar-refractivity contribution in [2.45, 2.75) is 39.5 Å². The lowest BCUT2D eigenvalue weighted by molar-refractivity contribution is 0.982. The van der Waals surface area contributed by atoms with Gasteiger partial charge in [0.25, 0.3) is 0 Å². The van der Waals surface area contributed by atoms with Gasteiger partial charge < -0.3 is 0 Å². The quantitative estimate of drug-likeness (QED) is 0.483. The maximum absolute atomic E-state index is 3.04. The summed E-state index contributed by atoms with van der Waals surface area (Å²) in [5.41, 5.74) is 0. The predicted octanol–water partition coefficient (Wildman–Crippen LogP) is 2.59. The van der Waals surface area contributed by atoms with Crippen molar-refractivity contribution in [1.82, 2.24) is 0 Å². The molecule has 0 nitrogen and oxygen atoms in total. The molecule has 0 aliphatic carbocycles. The van der Waals surface area contributed by atoms with Crippen LogP contribution in [-0.2, 0) is 0 Å². The smallest absolute Gasteiger partial charge is 0.0702 e. The van der Waals surface area contributed by atoms with Crippen molar-refractivity contribution in [3.05, 3.63) is 0 Å². The lowest BCUT2D eigenvalue weighted by atomic mass is 10.3. The van der Waals surface area contributed by atoms with Gasteiger partial charge in [-0.25, -0.2) is 0 Å². The Balaban J connectivity index is 3.28. The average molecular weight is 134 g/mol. The molecule has 0 radical (unpaired) electrons. The second-order valence-corrected chi connectivity index (χ2v) is 1.99. The van der Waals surface area contributed by atoms with Gasteiger partial charge in [0, 0.05) is 12.8 Å². The lowest BCUT2D eigenvalue weighted by Gasteiger charge is -1.75. The molecular weight excluding hydrogens is 120 g/mol. The highest BCUT2D eigenvalue weighted by atomic mass is 13.7. The van der Waals surface area contributed by atoms with Crippen molar-refractivity contribution in [2.75, 3.05) is 0 Å². The van der Waals surface area contributed by atoms with Crippen LogP contribution in [0.1, 0.15) is 39.5 Å². The molecule has 0 atom stereocenters. The van der Waals surface area contributed by atoms with Gasteiger partial charge in [-0.15, -0.1) is 11.8 Å². The Hall–Kier alpha value is -0.880. The molecule has 0 aromatic carbocycles. The Labute approximate surface area is 64.0 Å². The number of rotatable bonds is 1. The summed E-state index contributed by atoms with van der Waals surface area (Å²) in [7, 11) is 0. The molecule has 0 fully saturated rings. The van der Waals surface area contributed by atoms with E-state index in [1.165, 1.54) is 0 Å². The SMILES string of the molecule is CCC#CCC#CCCC. The van der Waals surface area contributed by atoms with Gasteiger partial charge in [-0.3, -0.25) is 0 Å². The molecule has 0 aromatic rings.